The minimum atomic E-state index is -0.844. The molecule has 0 aliphatic heterocycles. The predicted molar refractivity (Wildman–Crippen MR) is 80.5 cm³/mol. The molecule has 0 aliphatic rings. The number of hydrogen-bond acceptors (Lipinski definition) is 4. The summed E-state index contributed by atoms with van der Waals surface area (Å²) in [4.78, 5) is 10.6. The van der Waals surface area contributed by atoms with E-state index < -0.39 is 5.97 Å². The first-order valence-electron chi connectivity index (χ1n) is 6.12. The maximum absolute atomic E-state index is 10.6. The summed E-state index contributed by atoms with van der Waals surface area (Å²) >= 11 is 3.41. The summed E-state index contributed by atoms with van der Waals surface area (Å²) in [6.07, 6.45) is 0.0368. The molecule has 1 heterocycles. The molecule has 1 atom stereocenters. The molecule has 2 rings (SSSR count). The number of benzene rings is 1. The summed E-state index contributed by atoms with van der Waals surface area (Å²) in [6, 6.07) is 11.2. The fourth-order valence-electron chi connectivity index (χ4n) is 1.78. The Balaban J connectivity index is 2.08. The van der Waals surface area contributed by atoms with Gasteiger partial charge in [-0.25, -0.2) is 0 Å². The highest BCUT2D eigenvalue weighted by molar-refractivity contribution is 9.10. The van der Waals surface area contributed by atoms with Crippen molar-refractivity contribution in [2.75, 3.05) is 5.32 Å². The Hall–Kier alpha value is -1.95. The second kappa shape index (κ2) is 6.47. The summed E-state index contributed by atoms with van der Waals surface area (Å²) < 4.78 is 0.981. The van der Waals surface area contributed by atoms with Crippen LogP contribution in [0.4, 0.5) is 5.82 Å². The van der Waals surface area contributed by atoms with E-state index in [2.05, 4.69) is 31.4 Å². The highest BCUT2D eigenvalue weighted by atomic mass is 79.9. The molecule has 1 aromatic heterocycles. The van der Waals surface area contributed by atoms with Crippen molar-refractivity contribution in [3.8, 4) is 11.3 Å². The van der Waals surface area contributed by atoms with Gasteiger partial charge in [0, 0.05) is 16.1 Å². The minimum absolute atomic E-state index is 0.0368. The number of carbonyl (C=O) groups is 1. The third-order valence-corrected chi connectivity index (χ3v) is 3.15. The lowest BCUT2D eigenvalue weighted by Gasteiger charge is -2.11. The van der Waals surface area contributed by atoms with Gasteiger partial charge in [-0.2, -0.15) is 0 Å². The van der Waals surface area contributed by atoms with E-state index >= 15 is 0 Å². The molecule has 1 aromatic carbocycles. The maximum atomic E-state index is 10.6. The molecule has 0 aliphatic carbocycles. The van der Waals surface area contributed by atoms with Crippen LogP contribution in [0.5, 0.6) is 0 Å². The van der Waals surface area contributed by atoms with Crippen LogP contribution in [0.3, 0.4) is 0 Å². The van der Waals surface area contributed by atoms with Crippen molar-refractivity contribution in [1.29, 1.82) is 0 Å². The van der Waals surface area contributed by atoms with Crippen molar-refractivity contribution >= 4 is 27.7 Å². The Morgan fingerprint density at radius 3 is 2.75 bits per heavy atom. The Kier molecular flexibility index (Phi) is 4.68. The van der Waals surface area contributed by atoms with Gasteiger partial charge in [0.1, 0.15) is 5.82 Å². The van der Waals surface area contributed by atoms with Crippen LogP contribution < -0.4 is 5.32 Å². The number of aliphatic carboxylic acids is 1. The Morgan fingerprint density at radius 1 is 1.35 bits per heavy atom. The first-order valence-corrected chi connectivity index (χ1v) is 6.92. The van der Waals surface area contributed by atoms with Gasteiger partial charge in [-0.15, -0.1) is 10.2 Å². The van der Waals surface area contributed by atoms with Crippen molar-refractivity contribution in [3.63, 3.8) is 0 Å². The fourth-order valence-corrected chi connectivity index (χ4v) is 2.18. The molecule has 1 unspecified atom stereocenters. The molecule has 2 aromatic rings. The number of rotatable bonds is 5. The van der Waals surface area contributed by atoms with Crippen LogP contribution in [0.25, 0.3) is 11.3 Å². The molecular formula is C14H14BrN3O2. The Morgan fingerprint density at radius 2 is 2.15 bits per heavy atom. The molecule has 0 fully saturated rings. The van der Waals surface area contributed by atoms with Crippen LogP contribution in [0, 0.1) is 0 Å². The van der Waals surface area contributed by atoms with Gasteiger partial charge in [-0.3, -0.25) is 4.79 Å². The highest BCUT2D eigenvalue weighted by Crippen LogP contribution is 2.21. The molecule has 5 nitrogen and oxygen atoms in total. The van der Waals surface area contributed by atoms with Gasteiger partial charge < -0.3 is 10.4 Å². The number of nitrogens with one attached hydrogen (secondary N) is 1. The van der Waals surface area contributed by atoms with Crippen molar-refractivity contribution in [2.45, 2.75) is 19.4 Å². The van der Waals surface area contributed by atoms with Gasteiger partial charge in [0.05, 0.1) is 12.1 Å². The molecule has 0 saturated carbocycles. The molecule has 20 heavy (non-hydrogen) atoms. The monoisotopic (exact) mass is 335 g/mol. The van der Waals surface area contributed by atoms with Gasteiger partial charge in [0.25, 0.3) is 0 Å². The summed E-state index contributed by atoms with van der Waals surface area (Å²) in [6.45, 7) is 1.79. The standard InChI is InChI=1S/C14H14BrN3O2/c1-9(7-14(19)20)16-13-6-5-12(17-18-13)10-3-2-4-11(15)8-10/h2-6,8-9H,7H2,1H3,(H,16,18)(H,19,20). The topological polar surface area (TPSA) is 75.1 Å². The normalized spacial score (nSPS) is 11.9. The molecule has 6 heteroatoms. The van der Waals surface area contributed by atoms with E-state index in [1.807, 2.05) is 30.3 Å². The molecule has 0 bridgehead atoms. The van der Waals surface area contributed by atoms with E-state index in [1.54, 1.807) is 13.0 Å². The molecular weight excluding hydrogens is 322 g/mol. The zero-order valence-electron chi connectivity index (χ0n) is 10.9. The van der Waals surface area contributed by atoms with E-state index in [4.69, 9.17) is 5.11 Å². The van der Waals surface area contributed by atoms with Crippen LogP contribution >= 0.6 is 15.9 Å². The van der Waals surface area contributed by atoms with Crippen LogP contribution in [0.2, 0.25) is 0 Å². The lowest BCUT2D eigenvalue weighted by Crippen LogP contribution is -2.20. The van der Waals surface area contributed by atoms with Crippen LogP contribution in [0.15, 0.2) is 40.9 Å². The number of nitrogens with zero attached hydrogens (tertiary/aromatic N) is 2. The van der Waals surface area contributed by atoms with Gasteiger partial charge in [-0.05, 0) is 31.2 Å². The zero-order valence-corrected chi connectivity index (χ0v) is 12.5. The Labute approximate surface area is 125 Å². The largest absolute Gasteiger partial charge is 0.481 e. The quantitative estimate of drug-likeness (QED) is 0.877. The van der Waals surface area contributed by atoms with E-state index in [0.717, 1.165) is 15.7 Å². The van der Waals surface area contributed by atoms with Crippen LogP contribution in [-0.2, 0) is 4.79 Å². The molecule has 0 radical (unpaired) electrons. The number of anilines is 1. The lowest BCUT2D eigenvalue weighted by molar-refractivity contribution is -0.137. The molecule has 104 valence electrons. The number of hydrogen-bond donors (Lipinski definition) is 2. The molecule has 0 spiro atoms. The average molecular weight is 336 g/mol. The van der Waals surface area contributed by atoms with Crippen LogP contribution in [0.1, 0.15) is 13.3 Å². The number of carboxylic acids is 1. The van der Waals surface area contributed by atoms with E-state index in [9.17, 15) is 4.79 Å². The van der Waals surface area contributed by atoms with E-state index in [1.165, 1.54) is 0 Å². The van der Waals surface area contributed by atoms with E-state index in [0.29, 0.717) is 5.82 Å². The predicted octanol–water partition coefficient (Wildman–Crippen LogP) is 3.18. The van der Waals surface area contributed by atoms with E-state index in [-0.39, 0.29) is 12.5 Å². The van der Waals surface area contributed by atoms with Crippen LogP contribution in [-0.4, -0.2) is 27.3 Å². The van der Waals surface area contributed by atoms with Gasteiger partial charge in [0.2, 0.25) is 0 Å². The summed E-state index contributed by atoms with van der Waals surface area (Å²) in [5.74, 6) is -0.277. The van der Waals surface area contributed by atoms with Gasteiger partial charge in [-0.1, -0.05) is 28.1 Å². The SMILES string of the molecule is CC(CC(=O)O)Nc1ccc(-c2cccc(Br)c2)nn1. The highest BCUT2D eigenvalue weighted by Gasteiger charge is 2.08. The van der Waals surface area contributed by atoms with Crippen molar-refractivity contribution in [1.82, 2.24) is 10.2 Å². The zero-order chi connectivity index (χ0) is 14.5. The summed E-state index contributed by atoms with van der Waals surface area (Å²) in [7, 11) is 0. The minimum Gasteiger partial charge on any atom is -0.481 e. The van der Waals surface area contributed by atoms with Gasteiger partial charge in [0.15, 0.2) is 0 Å². The Bertz CT molecular complexity index is 602. The summed E-state index contributed by atoms with van der Waals surface area (Å²) in [5.41, 5.74) is 1.74. The van der Waals surface area contributed by atoms with Crippen molar-refractivity contribution in [2.24, 2.45) is 0 Å². The molecule has 0 saturated heterocycles. The lowest BCUT2D eigenvalue weighted by atomic mass is 10.1. The number of halogens is 1. The first kappa shape index (κ1) is 14.5. The second-order valence-electron chi connectivity index (χ2n) is 4.46. The molecule has 0 amide bonds. The van der Waals surface area contributed by atoms with Crippen molar-refractivity contribution in [3.05, 3.63) is 40.9 Å². The third kappa shape index (κ3) is 4.03. The van der Waals surface area contributed by atoms with Crippen molar-refractivity contribution < 1.29 is 9.90 Å². The number of carboxylic acid groups (broad SMARTS) is 1. The van der Waals surface area contributed by atoms with Gasteiger partial charge >= 0.3 is 5.97 Å². The second-order valence-corrected chi connectivity index (χ2v) is 5.37. The fraction of sp³-hybridized carbons (Fsp3) is 0.214. The first-order chi connectivity index (χ1) is 9.54. The maximum Gasteiger partial charge on any atom is 0.305 e. The third-order valence-electron chi connectivity index (χ3n) is 2.66. The average Bonchev–Trinajstić information content (AvgIpc) is 2.38. The molecule has 2 N–H and O–H groups in total. The number of aromatic nitrogens is 2. The smallest absolute Gasteiger partial charge is 0.305 e. The summed E-state index contributed by atoms with van der Waals surface area (Å²) in [5, 5.41) is 19.9.